The van der Waals surface area contributed by atoms with E-state index in [-0.39, 0.29) is 36.8 Å². The molecule has 0 aliphatic carbocycles. The van der Waals surface area contributed by atoms with Gasteiger partial charge in [0.05, 0.1) is 46.7 Å². The van der Waals surface area contributed by atoms with Gasteiger partial charge in [-0.1, -0.05) is 42.5 Å². The first-order valence-corrected chi connectivity index (χ1v) is 12.6. The first kappa shape index (κ1) is 25.6. The van der Waals surface area contributed by atoms with E-state index in [4.69, 9.17) is 9.72 Å². The summed E-state index contributed by atoms with van der Waals surface area (Å²) in [6.07, 6.45) is -4.04. The first-order valence-electron chi connectivity index (χ1n) is 12.6. The molecular weight excluding hydrogens is 523 g/mol. The van der Waals surface area contributed by atoms with E-state index in [1.54, 1.807) is 12.1 Å². The number of hydrogen-bond acceptors (Lipinski definition) is 6. The van der Waals surface area contributed by atoms with Gasteiger partial charge in [0.2, 0.25) is 5.95 Å². The van der Waals surface area contributed by atoms with Crippen molar-refractivity contribution in [2.24, 2.45) is 0 Å². The molecule has 0 fully saturated rings. The van der Waals surface area contributed by atoms with Gasteiger partial charge < -0.3 is 19.7 Å². The molecule has 1 aliphatic heterocycles. The lowest BCUT2D eigenvalue weighted by Crippen LogP contribution is -2.38. The fourth-order valence-electron chi connectivity index (χ4n) is 4.82. The molecule has 0 radical (unpaired) electrons. The number of ether oxygens (including phenoxy) is 1. The van der Waals surface area contributed by atoms with Crippen LogP contribution in [0.5, 0.6) is 6.01 Å². The average molecular weight is 548 g/mol. The van der Waals surface area contributed by atoms with E-state index in [0.717, 1.165) is 23.3 Å². The Morgan fingerprint density at radius 3 is 2.55 bits per heavy atom. The number of aromatic amines is 1. The first-order chi connectivity index (χ1) is 19.3. The van der Waals surface area contributed by atoms with Gasteiger partial charge in [-0.15, -0.1) is 0 Å². The summed E-state index contributed by atoms with van der Waals surface area (Å²) in [5, 5.41) is 9.44. The number of nitrogens with zero attached hydrogens (tertiary/aromatic N) is 4. The SMILES string of the molecule is O=c1c2c(nc(OCc3cccc(CO)c3)n1-c1ccccc1)CCN(c1nc3ccc(C(F)(F)F)cc3[nH]1)C2. The van der Waals surface area contributed by atoms with E-state index in [1.165, 1.54) is 10.6 Å². The number of benzene rings is 3. The van der Waals surface area contributed by atoms with Gasteiger partial charge in [-0.25, -0.2) is 14.5 Å². The zero-order chi connectivity index (χ0) is 27.9. The molecule has 204 valence electrons. The standard InChI is InChI=1S/C29H24F3N5O3/c30-29(31,32)20-9-10-24-25(14-20)34-27(33-24)36-12-11-23-22(15-36)26(39)37(21-7-2-1-3-8-21)28(35-23)40-17-19-6-4-5-18(13-19)16-38/h1-10,13-14,38H,11-12,15-17H2,(H,33,34). The van der Waals surface area contributed by atoms with Crippen LogP contribution >= 0.6 is 0 Å². The van der Waals surface area contributed by atoms with Gasteiger partial charge in [-0.05, 0) is 41.5 Å². The van der Waals surface area contributed by atoms with Crippen LogP contribution in [0.15, 0.2) is 77.6 Å². The van der Waals surface area contributed by atoms with Crippen molar-refractivity contribution in [3.8, 4) is 11.7 Å². The van der Waals surface area contributed by atoms with Crippen LogP contribution in [0.1, 0.15) is 27.9 Å². The molecule has 0 saturated heterocycles. The maximum Gasteiger partial charge on any atom is 0.416 e. The average Bonchev–Trinajstić information content (AvgIpc) is 3.40. The molecular formula is C29H24F3N5O3. The molecule has 0 spiro atoms. The predicted molar refractivity (Wildman–Crippen MR) is 142 cm³/mol. The lowest BCUT2D eigenvalue weighted by atomic mass is 10.1. The predicted octanol–water partition coefficient (Wildman–Crippen LogP) is 4.76. The Morgan fingerprint density at radius 1 is 0.975 bits per heavy atom. The molecule has 5 aromatic rings. The highest BCUT2D eigenvalue weighted by Gasteiger charge is 2.31. The quantitative estimate of drug-likeness (QED) is 0.318. The Hall–Kier alpha value is -4.64. The molecule has 0 amide bonds. The third-order valence-corrected chi connectivity index (χ3v) is 6.85. The van der Waals surface area contributed by atoms with Crippen LogP contribution in [0.2, 0.25) is 0 Å². The maximum absolute atomic E-state index is 13.9. The van der Waals surface area contributed by atoms with Gasteiger partial charge in [0.15, 0.2) is 0 Å². The number of halogens is 3. The fourth-order valence-corrected chi connectivity index (χ4v) is 4.82. The van der Waals surface area contributed by atoms with E-state index >= 15 is 0 Å². The van der Waals surface area contributed by atoms with Gasteiger partial charge in [-0.2, -0.15) is 13.2 Å². The van der Waals surface area contributed by atoms with Crippen LogP contribution in [0.4, 0.5) is 19.1 Å². The molecule has 0 saturated carbocycles. The van der Waals surface area contributed by atoms with Crippen LogP contribution in [-0.2, 0) is 32.4 Å². The number of aromatic nitrogens is 4. The van der Waals surface area contributed by atoms with Gasteiger partial charge in [0.25, 0.3) is 5.56 Å². The minimum Gasteiger partial charge on any atom is -0.459 e. The second-order valence-corrected chi connectivity index (χ2v) is 9.52. The minimum absolute atomic E-state index is 0.0924. The van der Waals surface area contributed by atoms with Crippen molar-refractivity contribution in [3.63, 3.8) is 0 Å². The molecule has 0 unspecified atom stereocenters. The summed E-state index contributed by atoms with van der Waals surface area (Å²) < 4.78 is 47.0. The summed E-state index contributed by atoms with van der Waals surface area (Å²) in [4.78, 5) is 27.9. The van der Waals surface area contributed by atoms with Gasteiger partial charge >= 0.3 is 12.2 Å². The van der Waals surface area contributed by atoms with E-state index in [1.807, 2.05) is 47.4 Å². The van der Waals surface area contributed by atoms with Crippen LogP contribution in [-0.4, -0.2) is 31.2 Å². The molecule has 6 rings (SSSR count). The highest BCUT2D eigenvalue weighted by molar-refractivity contribution is 5.78. The molecule has 0 atom stereocenters. The fraction of sp³-hybridized carbons (Fsp3) is 0.207. The summed E-state index contributed by atoms with van der Waals surface area (Å²) in [7, 11) is 0. The number of para-hydroxylation sites is 1. The number of nitrogens with one attached hydrogen (secondary N) is 1. The van der Waals surface area contributed by atoms with Gasteiger partial charge in [-0.3, -0.25) is 4.79 Å². The van der Waals surface area contributed by atoms with Crippen molar-refractivity contribution >= 4 is 17.0 Å². The van der Waals surface area contributed by atoms with E-state index < -0.39 is 11.7 Å². The Morgan fingerprint density at radius 2 is 1.77 bits per heavy atom. The van der Waals surface area contributed by atoms with Crippen molar-refractivity contribution in [1.82, 2.24) is 19.5 Å². The number of anilines is 1. The molecule has 2 N–H and O–H groups in total. The van der Waals surface area contributed by atoms with Crippen LogP contribution in [0.3, 0.4) is 0 Å². The van der Waals surface area contributed by atoms with Crippen molar-refractivity contribution in [1.29, 1.82) is 0 Å². The second kappa shape index (κ2) is 10.2. The molecule has 1 aliphatic rings. The normalized spacial score (nSPS) is 13.4. The summed E-state index contributed by atoms with van der Waals surface area (Å²) in [6.45, 7) is 0.694. The third-order valence-electron chi connectivity index (χ3n) is 6.85. The zero-order valence-corrected chi connectivity index (χ0v) is 21.2. The Kier molecular flexibility index (Phi) is 6.51. The largest absolute Gasteiger partial charge is 0.459 e. The molecule has 11 heteroatoms. The number of H-pyrrole nitrogens is 1. The Labute approximate surface area is 226 Å². The summed E-state index contributed by atoms with van der Waals surface area (Å²) >= 11 is 0. The summed E-state index contributed by atoms with van der Waals surface area (Å²) in [5.41, 5.74) is 2.84. The highest BCUT2D eigenvalue weighted by atomic mass is 19.4. The number of fused-ring (bicyclic) bond motifs is 2. The monoisotopic (exact) mass is 547 g/mol. The molecule has 40 heavy (non-hydrogen) atoms. The number of alkyl halides is 3. The minimum atomic E-state index is -4.46. The molecule has 3 heterocycles. The highest BCUT2D eigenvalue weighted by Crippen LogP contribution is 2.32. The Bertz CT molecular complexity index is 1750. The van der Waals surface area contributed by atoms with Gasteiger partial charge in [0.1, 0.15) is 6.61 Å². The number of aliphatic hydroxyl groups is 1. The number of aliphatic hydroxyl groups excluding tert-OH is 1. The second-order valence-electron chi connectivity index (χ2n) is 9.52. The number of rotatable bonds is 6. The lowest BCUT2D eigenvalue weighted by molar-refractivity contribution is -0.137. The zero-order valence-electron chi connectivity index (χ0n) is 21.2. The van der Waals surface area contributed by atoms with Crippen molar-refractivity contribution < 1.29 is 23.0 Å². The van der Waals surface area contributed by atoms with E-state index in [0.29, 0.717) is 41.4 Å². The topological polar surface area (TPSA) is 96.3 Å². The summed E-state index contributed by atoms with van der Waals surface area (Å²) in [5.74, 6) is 0.384. The Balaban J connectivity index is 1.34. The summed E-state index contributed by atoms with van der Waals surface area (Å²) in [6, 6.07) is 19.9. The molecule has 3 aromatic carbocycles. The van der Waals surface area contributed by atoms with Crippen LogP contribution in [0, 0.1) is 0 Å². The lowest BCUT2D eigenvalue weighted by Gasteiger charge is -2.28. The number of imidazole rings is 1. The van der Waals surface area contributed by atoms with Crippen LogP contribution in [0.25, 0.3) is 16.7 Å². The van der Waals surface area contributed by atoms with Crippen molar-refractivity contribution in [2.45, 2.75) is 32.4 Å². The molecule has 8 nitrogen and oxygen atoms in total. The van der Waals surface area contributed by atoms with E-state index in [2.05, 4.69) is 9.97 Å². The smallest absolute Gasteiger partial charge is 0.416 e. The molecule has 2 aromatic heterocycles. The maximum atomic E-state index is 13.9. The van der Waals surface area contributed by atoms with E-state index in [9.17, 15) is 23.1 Å². The van der Waals surface area contributed by atoms with Crippen LogP contribution < -0.4 is 15.2 Å². The molecule has 0 bridgehead atoms. The van der Waals surface area contributed by atoms with Crippen molar-refractivity contribution in [3.05, 3.63) is 111 Å². The third kappa shape index (κ3) is 4.91. The van der Waals surface area contributed by atoms with Gasteiger partial charge in [0, 0.05) is 13.0 Å². The number of hydrogen-bond donors (Lipinski definition) is 2. The van der Waals surface area contributed by atoms with Crippen molar-refractivity contribution in [2.75, 3.05) is 11.4 Å².